The monoisotopic (exact) mass is 510 g/mol. The van der Waals surface area contributed by atoms with E-state index < -0.39 is 11.2 Å². The van der Waals surface area contributed by atoms with E-state index in [1.807, 2.05) is 24.3 Å². The standard InChI is InChI=1S/C25H30N2O5.2ClH/c1-26(14-15-27-12-4-3-5-13-27)16-17-6-8-18(9-7-17)23-22(30)21(29)19-10-11-20(28)25(31-2)24(19)32-23;;/h6-11,28,30H,3-5,12-16H2,1-2H3;2*1H. The average molecular weight is 511 g/mol. The Morgan fingerprint density at radius 2 is 1.71 bits per heavy atom. The number of phenols is 1. The fourth-order valence-electron chi connectivity index (χ4n) is 4.25. The molecule has 0 spiro atoms. The molecular weight excluding hydrogens is 479 g/mol. The molecule has 0 aliphatic carbocycles. The highest BCUT2D eigenvalue weighted by molar-refractivity contribution is 5.88. The molecule has 1 aliphatic rings. The van der Waals surface area contributed by atoms with E-state index in [0.29, 0.717) is 5.56 Å². The fourth-order valence-corrected chi connectivity index (χ4v) is 4.25. The second-order valence-electron chi connectivity index (χ2n) is 8.44. The highest BCUT2D eigenvalue weighted by atomic mass is 35.5. The Morgan fingerprint density at radius 3 is 2.35 bits per heavy atom. The largest absolute Gasteiger partial charge is 0.504 e. The van der Waals surface area contributed by atoms with Crippen molar-refractivity contribution in [1.82, 2.24) is 9.80 Å². The van der Waals surface area contributed by atoms with Crippen molar-refractivity contribution in [2.75, 3.05) is 40.3 Å². The SMILES string of the molecule is COc1c(O)ccc2c(=O)c(O)c(-c3ccc(CN(C)CCN4CCCCC4)cc3)oc12.Cl.Cl. The number of phenolic OH excluding ortho intramolecular Hbond substituents is 1. The van der Waals surface area contributed by atoms with Gasteiger partial charge in [-0.15, -0.1) is 24.8 Å². The third-order valence-corrected chi connectivity index (χ3v) is 6.09. The summed E-state index contributed by atoms with van der Waals surface area (Å²) >= 11 is 0. The Kier molecular flexibility index (Phi) is 10.1. The van der Waals surface area contributed by atoms with Crippen molar-refractivity contribution in [3.63, 3.8) is 0 Å². The minimum Gasteiger partial charge on any atom is -0.504 e. The highest BCUT2D eigenvalue weighted by Gasteiger charge is 2.20. The molecule has 34 heavy (non-hydrogen) atoms. The number of nitrogens with zero attached hydrogens (tertiary/aromatic N) is 2. The van der Waals surface area contributed by atoms with Crippen LogP contribution in [0.25, 0.3) is 22.3 Å². The molecular formula is C25H32Cl2N2O5. The van der Waals surface area contributed by atoms with Crippen LogP contribution in [-0.2, 0) is 6.54 Å². The van der Waals surface area contributed by atoms with Crippen molar-refractivity contribution < 1.29 is 19.4 Å². The summed E-state index contributed by atoms with van der Waals surface area (Å²) in [6, 6.07) is 10.3. The number of rotatable bonds is 7. The van der Waals surface area contributed by atoms with Crippen LogP contribution in [0.2, 0.25) is 0 Å². The summed E-state index contributed by atoms with van der Waals surface area (Å²) in [7, 11) is 3.50. The number of aromatic hydroxyl groups is 2. The number of ether oxygens (including phenoxy) is 1. The van der Waals surface area contributed by atoms with Gasteiger partial charge in [0.25, 0.3) is 0 Å². The quantitative estimate of drug-likeness (QED) is 0.478. The topological polar surface area (TPSA) is 86.4 Å². The lowest BCUT2D eigenvalue weighted by molar-refractivity contribution is 0.194. The first-order chi connectivity index (χ1) is 15.5. The van der Waals surface area contributed by atoms with E-state index >= 15 is 0 Å². The van der Waals surface area contributed by atoms with Gasteiger partial charge in [0, 0.05) is 25.2 Å². The van der Waals surface area contributed by atoms with E-state index in [0.717, 1.165) is 25.2 Å². The van der Waals surface area contributed by atoms with Crippen LogP contribution >= 0.6 is 24.8 Å². The van der Waals surface area contributed by atoms with Crippen LogP contribution in [-0.4, -0.2) is 60.3 Å². The zero-order valence-corrected chi connectivity index (χ0v) is 21.1. The molecule has 186 valence electrons. The van der Waals surface area contributed by atoms with Gasteiger partial charge in [-0.1, -0.05) is 30.7 Å². The van der Waals surface area contributed by atoms with Gasteiger partial charge < -0.3 is 29.2 Å². The number of benzene rings is 2. The Hall–Kier alpha value is -2.45. The van der Waals surface area contributed by atoms with Gasteiger partial charge in [-0.25, -0.2) is 0 Å². The number of methoxy groups -OCH3 is 1. The van der Waals surface area contributed by atoms with Crippen molar-refractivity contribution in [3.8, 4) is 28.6 Å². The Bertz CT molecular complexity index is 1140. The fraction of sp³-hybridized carbons (Fsp3) is 0.400. The lowest BCUT2D eigenvalue weighted by Gasteiger charge is -2.28. The van der Waals surface area contributed by atoms with Crippen LogP contribution in [0, 0.1) is 0 Å². The van der Waals surface area contributed by atoms with Gasteiger partial charge in [-0.2, -0.15) is 0 Å². The predicted octanol–water partition coefficient (Wildman–Crippen LogP) is 4.64. The smallest absolute Gasteiger partial charge is 0.235 e. The second kappa shape index (κ2) is 12.3. The lowest BCUT2D eigenvalue weighted by Crippen LogP contribution is -2.36. The van der Waals surface area contributed by atoms with E-state index in [1.54, 1.807) is 0 Å². The van der Waals surface area contributed by atoms with E-state index in [1.165, 1.54) is 51.6 Å². The van der Waals surface area contributed by atoms with E-state index in [-0.39, 0.29) is 53.0 Å². The van der Waals surface area contributed by atoms with Gasteiger partial charge in [-0.05, 0) is 50.7 Å². The van der Waals surface area contributed by atoms with Crippen molar-refractivity contribution >= 4 is 35.8 Å². The molecule has 2 heterocycles. The molecule has 0 radical (unpaired) electrons. The van der Waals surface area contributed by atoms with Gasteiger partial charge >= 0.3 is 0 Å². The number of piperidine rings is 1. The molecule has 0 bridgehead atoms. The minimum absolute atomic E-state index is 0. The molecule has 0 unspecified atom stereocenters. The van der Waals surface area contributed by atoms with Gasteiger partial charge in [0.1, 0.15) is 0 Å². The normalized spacial score (nSPS) is 14.0. The maximum absolute atomic E-state index is 12.7. The molecule has 4 rings (SSSR count). The molecule has 1 aliphatic heterocycles. The zero-order valence-electron chi connectivity index (χ0n) is 19.5. The number of hydrogen-bond donors (Lipinski definition) is 2. The van der Waals surface area contributed by atoms with Crippen LogP contribution in [0.4, 0.5) is 0 Å². The summed E-state index contributed by atoms with van der Waals surface area (Å²) in [6.45, 7) is 5.30. The second-order valence-corrected chi connectivity index (χ2v) is 8.44. The Labute approximate surface area is 211 Å². The van der Waals surface area contributed by atoms with Crippen molar-refractivity contribution in [1.29, 1.82) is 0 Å². The predicted molar refractivity (Wildman–Crippen MR) is 139 cm³/mol. The molecule has 0 amide bonds. The molecule has 1 fully saturated rings. The van der Waals surface area contributed by atoms with E-state index in [2.05, 4.69) is 16.8 Å². The van der Waals surface area contributed by atoms with Crippen LogP contribution in [0.1, 0.15) is 24.8 Å². The summed E-state index contributed by atoms with van der Waals surface area (Å²) in [6.07, 6.45) is 3.95. The van der Waals surface area contributed by atoms with E-state index in [9.17, 15) is 15.0 Å². The van der Waals surface area contributed by atoms with Crippen LogP contribution < -0.4 is 10.2 Å². The van der Waals surface area contributed by atoms with Crippen LogP contribution in [0.15, 0.2) is 45.6 Å². The molecule has 0 saturated carbocycles. The first-order valence-corrected chi connectivity index (χ1v) is 11.0. The third kappa shape index (κ3) is 5.96. The number of hydrogen-bond acceptors (Lipinski definition) is 7. The molecule has 1 aromatic heterocycles. The van der Waals surface area contributed by atoms with Gasteiger partial charge in [0.05, 0.1) is 12.5 Å². The zero-order chi connectivity index (χ0) is 22.7. The summed E-state index contributed by atoms with van der Waals surface area (Å²) in [5, 5.41) is 20.6. The number of fused-ring (bicyclic) bond motifs is 1. The maximum Gasteiger partial charge on any atom is 0.235 e. The molecule has 3 aromatic rings. The first-order valence-electron chi connectivity index (χ1n) is 11.0. The maximum atomic E-state index is 12.7. The summed E-state index contributed by atoms with van der Waals surface area (Å²) in [4.78, 5) is 17.5. The highest BCUT2D eigenvalue weighted by Crippen LogP contribution is 2.38. The van der Waals surface area contributed by atoms with E-state index in [4.69, 9.17) is 9.15 Å². The molecule has 1 saturated heterocycles. The third-order valence-electron chi connectivity index (χ3n) is 6.09. The van der Waals surface area contributed by atoms with Gasteiger partial charge in [0.15, 0.2) is 17.1 Å². The first kappa shape index (κ1) is 27.8. The van der Waals surface area contributed by atoms with Gasteiger partial charge in [-0.3, -0.25) is 4.79 Å². The van der Waals surface area contributed by atoms with Crippen molar-refractivity contribution in [2.45, 2.75) is 25.8 Å². The van der Waals surface area contributed by atoms with Crippen LogP contribution in [0.5, 0.6) is 17.2 Å². The molecule has 9 heteroatoms. The van der Waals surface area contributed by atoms with Crippen molar-refractivity contribution in [3.05, 3.63) is 52.2 Å². The lowest BCUT2D eigenvalue weighted by atomic mass is 10.1. The molecule has 2 aromatic carbocycles. The summed E-state index contributed by atoms with van der Waals surface area (Å²) in [5.41, 5.74) is 1.24. The average Bonchev–Trinajstić information content (AvgIpc) is 2.81. The summed E-state index contributed by atoms with van der Waals surface area (Å²) in [5.74, 6) is -0.483. The number of halogens is 2. The van der Waals surface area contributed by atoms with Crippen molar-refractivity contribution in [2.24, 2.45) is 0 Å². The Balaban J connectivity index is 0.00000204. The summed E-state index contributed by atoms with van der Waals surface area (Å²) < 4.78 is 11.0. The number of likely N-dealkylation sites (N-methyl/N-ethyl adjacent to an activating group) is 1. The van der Waals surface area contributed by atoms with Gasteiger partial charge in [0.2, 0.25) is 16.9 Å². The molecule has 2 N–H and O–H groups in total. The molecule has 0 atom stereocenters. The Morgan fingerprint density at radius 1 is 1.03 bits per heavy atom. The number of likely N-dealkylation sites (tertiary alicyclic amines) is 1. The van der Waals surface area contributed by atoms with Crippen LogP contribution in [0.3, 0.4) is 0 Å². The molecule has 7 nitrogen and oxygen atoms in total. The minimum atomic E-state index is -0.568.